The van der Waals surface area contributed by atoms with Crippen molar-refractivity contribution >= 4 is 0 Å². The van der Waals surface area contributed by atoms with Crippen LogP contribution in [0, 0.1) is 0 Å². The van der Waals surface area contributed by atoms with Crippen LogP contribution < -0.4 is 0 Å². The van der Waals surface area contributed by atoms with E-state index in [0.717, 1.165) is 0 Å². The summed E-state index contributed by atoms with van der Waals surface area (Å²) >= 11 is 0. The van der Waals surface area contributed by atoms with Gasteiger partial charge in [-0.3, -0.25) is 0 Å². The minimum atomic E-state index is -4.32. The van der Waals surface area contributed by atoms with E-state index in [9.17, 15) is 22.0 Å². The van der Waals surface area contributed by atoms with E-state index < -0.39 is 37.8 Å². The Kier molecular flexibility index (Phi) is 3.93. The minimum absolute atomic E-state index is 0.398. The van der Waals surface area contributed by atoms with Gasteiger partial charge in [0.25, 0.3) is 0 Å². The molecule has 5 heteroatoms. The Morgan fingerprint density at radius 3 is 1.75 bits per heavy atom. The van der Waals surface area contributed by atoms with Crippen molar-refractivity contribution in [1.29, 1.82) is 0 Å². The van der Waals surface area contributed by atoms with Gasteiger partial charge in [0.15, 0.2) is 0 Å². The van der Waals surface area contributed by atoms with Crippen molar-refractivity contribution in [3.8, 4) is 0 Å². The fourth-order valence-corrected chi connectivity index (χ4v) is 0.724. The maximum absolute atomic E-state index is 12.4. The zero-order chi connectivity index (χ0) is 9.83. The molecule has 0 aromatic heterocycles. The molecule has 0 aliphatic carbocycles. The predicted molar refractivity (Wildman–Crippen MR) is 35.1 cm³/mol. The molecule has 0 nitrogen and oxygen atoms in total. The summed E-state index contributed by atoms with van der Waals surface area (Å²) in [4.78, 5) is 0. The van der Waals surface area contributed by atoms with E-state index in [0.29, 0.717) is 0 Å². The molecule has 0 aliphatic heterocycles. The van der Waals surface area contributed by atoms with E-state index in [1.165, 1.54) is 6.92 Å². The fourth-order valence-electron chi connectivity index (χ4n) is 0.724. The van der Waals surface area contributed by atoms with Crippen molar-refractivity contribution in [1.82, 2.24) is 0 Å². The Morgan fingerprint density at radius 2 is 1.42 bits per heavy atom. The predicted octanol–water partition coefficient (Wildman–Crippen LogP) is 3.76. The van der Waals surface area contributed by atoms with Gasteiger partial charge in [0.2, 0.25) is 5.92 Å². The van der Waals surface area contributed by atoms with Crippen molar-refractivity contribution in [2.75, 3.05) is 0 Å². The molecule has 0 rings (SSSR count). The van der Waals surface area contributed by atoms with Crippen molar-refractivity contribution in [2.24, 2.45) is 0 Å². The molecule has 0 heterocycles. The van der Waals surface area contributed by atoms with Crippen LogP contribution in [0.3, 0.4) is 0 Å². The van der Waals surface area contributed by atoms with Crippen LogP contribution in [0.5, 0.6) is 0 Å². The molecule has 12 heavy (non-hydrogen) atoms. The monoisotopic (exact) mass is 190 g/mol. The Balaban J connectivity index is 3.57. The highest BCUT2D eigenvalue weighted by atomic mass is 19.4. The maximum Gasteiger partial charge on any atom is 0.389 e. The highest BCUT2D eigenvalue weighted by Crippen LogP contribution is 2.29. The first-order valence-electron chi connectivity index (χ1n) is 3.71. The standard InChI is InChI=1S/C7H11F5/c1-2-6(8,9)4-3-5-7(10,11)12/h2-5H2,1H3. The lowest BCUT2D eigenvalue weighted by Gasteiger charge is -2.13. The van der Waals surface area contributed by atoms with E-state index in [4.69, 9.17) is 0 Å². The highest BCUT2D eigenvalue weighted by molar-refractivity contribution is 4.64. The van der Waals surface area contributed by atoms with Crippen molar-refractivity contribution in [3.63, 3.8) is 0 Å². The smallest absolute Gasteiger partial charge is 0.207 e. The van der Waals surface area contributed by atoms with Crippen LogP contribution in [0.2, 0.25) is 0 Å². The average molecular weight is 190 g/mol. The molecular formula is C7H11F5. The average Bonchev–Trinajstić information content (AvgIpc) is 1.84. The van der Waals surface area contributed by atoms with Gasteiger partial charge in [-0.1, -0.05) is 6.92 Å². The van der Waals surface area contributed by atoms with Gasteiger partial charge in [0.1, 0.15) is 0 Å². The van der Waals surface area contributed by atoms with Crippen molar-refractivity contribution in [2.45, 2.75) is 44.7 Å². The van der Waals surface area contributed by atoms with Gasteiger partial charge in [-0.15, -0.1) is 0 Å². The summed E-state index contributed by atoms with van der Waals surface area (Å²) in [6.45, 7) is 1.26. The number of alkyl halides is 5. The van der Waals surface area contributed by atoms with Crippen LogP contribution in [0.1, 0.15) is 32.6 Å². The molecule has 0 amide bonds. The fraction of sp³-hybridized carbons (Fsp3) is 1.00. The zero-order valence-electron chi connectivity index (χ0n) is 6.72. The molecule has 0 unspecified atom stereocenters. The Hall–Kier alpha value is -0.350. The van der Waals surface area contributed by atoms with Gasteiger partial charge in [-0.25, -0.2) is 8.78 Å². The molecule has 0 saturated carbocycles. The molecule has 0 aromatic rings. The zero-order valence-corrected chi connectivity index (χ0v) is 6.72. The van der Waals surface area contributed by atoms with Crippen LogP contribution in [0.25, 0.3) is 0 Å². The van der Waals surface area contributed by atoms with Gasteiger partial charge in [-0.2, -0.15) is 13.2 Å². The normalized spacial score (nSPS) is 13.5. The van der Waals surface area contributed by atoms with E-state index in [2.05, 4.69) is 0 Å². The van der Waals surface area contributed by atoms with Gasteiger partial charge in [0.05, 0.1) is 0 Å². The first-order valence-corrected chi connectivity index (χ1v) is 3.71. The topological polar surface area (TPSA) is 0 Å². The number of hydrogen-bond acceptors (Lipinski definition) is 0. The van der Waals surface area contributed by atoms with E-state index in [1.54, 1.807) is 0 Å². The summed E-state index contributed by atoms with van der Waals surface area (Å²) in [6, 6.07) is 0. The van der Waals surface area contributed by atoms with Crippen LogP contribution in [-0.4, -0.2) is 12.1 Å². The van der Waals surface area contributed by atoms with Gasteiger partial charge in [0, 0.05) is 19.3 Å². The lowest BCUT2D eigenvalue weighted by Crippen LogP contribution is -2.16. The maximum atomic E-state index is 12.4. The third-order valence-electron chi connectivity index (χ3n) is 1.52. The van der Waals surface area contributed by atoms with E-state index >= 15 is 0 Å². The Bertz CT molecular complexity index is 126. The summed E-state index contributed by atoms with van der Waals surface area (Å²) in [6.07, 6.45) is -7.01. The highest BCUT2D eigenvalue weighted by Gasteiger charge is 2.31. The molecule has 0 bridgehead atoms. The lowest BCUT2D eigenvalue weighted by atomic mass is 10.1. The number of halogens is 5. The third-order valence-corrected chi connectivity index (χ3v) is 1.52. The minimum Gasteiger partial charge on any atom is -0.207 e. The van der Waals surface area contributed by atoms with E-state index in [1.807, 2.05) is 0 Å². The molecule has 0 fully saturated rings. The first-order chi connectivity index (χ1) is 5.27. The largest absolute Gasteiger partial charge is 0.389 e. The van der Waals surface area contributed by atoms with Gasteiger partial charge >= 0.3 is 6.18 Å². The summed E-state index contributed by atoms with van der Waals surface area (Å²) in [5.41, 5.74) is 0. The van der Waals surface area contributed by atoms with Crippen LogP contribution >= 0.6 is 0 Å². The second-order valence-electron chi connectivity index (χ2n) is 2.68. The summed E-state index contributed by atoms with van der Waals surface area (Å²) in [7, 11) is 0. The third kappa shape index (κ3) is 6.37. The van der Waals surface area contributed by atoms with Crippen LogP contribution in [0.4, 0.5) is 22.0 Å². The summed E-state index contributed by atoms with van der Waals surface area (Å²) in [5.74, 6) is -2.94. The van der Waals surface area contributed by atoms with Crippen molar-refractivity contribution in [3.05, 3.63) is 0 Å². The second-order valence-corrected chi connectivity index (χ2v) is 2.68. The quantitative estimate of drug-likeness (QED) is 0.592. The summed E-state index contributed by atoms with van der Waals surface area (Å²) < 4.78 is 59.2. The van der Waals surface area contributed by atoms with Crippen LogP contribution in [-0.2, 0) is 0 Å². The van der Waals surface area contributed by atoms with Crippen LogP contribution in [0.15, 0.2) is 0 Å². The molecule has 0 aromatic carbocycles. The number of rotatable bonds is 4. The molecule has 74 valence electrons. The number of hydrogen-bond donors (Lipinski definition) is 0. The van der Waals surface area contributed by atoms with Gasteiger partial charge in [-0.05, 0) is 6.42 Å². The molecule has 0 saturated heterocycles. The Labute approximate surface area is 67.8 Å². The van der Waals surface area contributed by atoms with E-state index in [-0.39, 0.29) is 0 Å². The molecule has 0 aliphatic rings. The Morgan fingerprint density at radius 1 is 0.917 bits per heavy atom. The molecule has 0 N–H and O–H groups in total. The van der Waals surface area contributed by atoms with Gasteiger partial charge < -0.3 is 0 Å². The molecular weight excluding hydrogens is 179 g/mol. The molecule has 0 spiro atoms. The SMILES string of the molecule is CCC(F)(F)CCCC(F)(F)F. The van der Waals surface area contributed by atoms with Crippen molar-refractivity contribution < 1.29 is 22.0 Å². The first kappa shape index (κ1) is 11.6. The summed E-state index contributed by atoms with van der Waals surface area (Å²) in [5, 5.41) is 0. The molecule has 0 radical (unpaired) electrons. The molecule has 0 atom stereocenters. The second kappa shape index (κ2) is 4.05. The lowest BCUT2D eigenvalue weighted by molar-refractivity contribution is -0.139.